The van der Waals surface area contributed by atoms with E-state index in [-0.39, 0.29) is 10.8 Å². The summed E-state index contributed by atoms with van der Waals surface area (Å²) >= 11 is 0. The summed E-state index contributed by atoms with van der Waals surface area (Å²) in [5.41, 5.74) is 13.7. The Bertz CT molecular complexity index is 2060. The van der Waals surface area contributed by atoms with Crippen molar-refractivity contribution in [3.63, 3.8) is 0 Å². The van der Waals surface area contributed by atoms with Gasteiger partial charge in [-0.15, -0.1) is 0 Å². The molecule has 0 fully saturated rings. The highest BCUT2D eigenvalue weighted by Crippen LogP contribution is 2.53. The molecule has 0 spiro atoms. The van der Waals surface area contributed by atoms with Crippen LogP contribution in [0.3, 0.4) is 0 Å². The van der Waals surface area contributed by atoms with Crippen molar-refractivity contribution in [3.8, 4) is 23.6 Å². The van der Waals surface area contributed by atoms with Gasteiger partial charge in [0.15, 0.2) is 0 Å². The summed E-state index contributed by atoms with van der Waals surface area (Å²) in [5.74, 6) is 1.66. The molecule has 4 aliphatic heterocycles. The minimum Gasteiger partial charge on any atom is -0.496 e. The third-order valence-corrected chi connectivity index (χ3v) is 11.5. The van der Waals surface area contributed by atoms with Crippen molar-refractivity contribution in [2.24, 2.45) is 0 Å². The van der Waals surface area contributed by atoms with Gasteiger partial charge >= 0.3 is 0 Å². The van der Waals surface area contributed by atoms with Crippen LogP contribution >= 0.6 is 0 Å². The van der Waals surface area contributed by atoms with Gasteiger partial charge in [0.25, 0.3) is 0 Å². The second-order valence-electron chi connectivity index (χ2n) is 15.4. The van der Waals surface area contributed by atoms with Crippen molar-refractivity contribution in [2.45, 2.75) is 64.2 Å². The molecule has 3 aromatic rings. The molecule has 0 unspecified atom stereocenters. The Morgan fingerprint density at radius 2 is 1.18 bits per heavy atom. The Morgan fingerprint density at radius 3 is 1.76 bits per heavy atom. The monoisotopic (exact) mass is 662 g/mol. The van der Waals surface area contributed by atoms with Gasteiger partial charge in [-0.2, -0.15) is 10.5 Å². The molecular weight excluding hydrogens is 617 g/mol. The van der Waals surface area contributed by atoms with E-state index in [1.807, 2.05) is 36.4 Å². The first-order valence-corrected chi connectivity index (χ1v) is 17.6. The third kappa shape index (κ3) is 5.30. The maximum atomic E-state index is 10.3. The lowest BCUT2D eigenvalue weighted by molar-refractivity contribution is 0.376. The fourth-order valence-corrected chi connectivity index (χ4v) is 8.46. The molecule has 50 heavy (non-hydrogen) atoms. The van der Waals surface area contributed by atoms with Gasteiger partial charge in [0.2, 0.25) is 0 Å². The molecule has 0 saturated carbocycles. The smallest absolute Gasteiger partial charge is 0.135 e. The van der Waals surface area contributed by atoms with E-state index in [9.17, 15) is 10.5 Å². The number of nitrogens with zero attached hydrogens (tertiary/aromatic N) is 4. The lowest BCUT2D eigenvalue weighted by atomic mass is 9.73. The van der Waals surface area contributed by atoms with E-state index in [2.05, 4.69) is 74.9 Å². The molecule has 0 atom stereocenters. The highest BCUT2D eigenvalue weighted by Gasteiger charge is 2.39. The first-order chi connectivity index (χ1) is 23.9. The van der Waals surface area contributed by atoms with Crippen LogP contribution in [-0.4, -0.2) is 40.4 Å². The van der Waals surface area contributed by atoms with Gasteiger partial charge in [-0.3, -0.25) is 0 Å². The van der Waals surface area contributed by atoms with Crippen LogP contribution in [0.25, 0.3) is 35.5 Å². The molecule has 6 nitrogen and oxygen atoms in total. The molecule has 0 amide bonds. The average molecular weight is 663 g/mol. The van der Waals surface area contributed by atoms with Crippen molar-refractivity contribution in [2.75, 3.05) is 50.2 Å². The van der Waals surface area contributed by atoms with Gasteiger partial charge < -0.3 is 19.3 Å². The summed E-state index contributed by atoms with van der Waals surface area (Å²) in [6.07, 6.45) is 11.8. The maximum absolute atomic E-state index is 10.3. The van der Waals surface area contributed by atoms with Crippen LogP contribution in [0, 0.1) is 22.7 Å². The molecule has 254 valence electrons. The molecule has 0 N–H and O–H groups in total. The highest BCUT2D eigenvalue weighted by atomic mass is 16.5. The standard InChI is InChI=1S/C44H46N4O2/c1-27-13-17-47-20-16-44(5,6)38-39(47)35(27)23-31(42(38)50-8)11-9-29-21-34(26-46)30(22-33(29)25-45)10-12-32-24-36-40-37(41(32)49-7)28(2)14-18-48(40)19-15-43(36,3)4/h9-12,21-24H,1-2,13-20H2,3-8H3. The molecule has 0 bridgehead atoms. The number of hydrogen-bond acceptors (Lipinski definition) is 6. The van der Waals surface area contributed by atoms with E-state index < -0.39 is 0 Å². The van der Waals surface area contributed by atoms with Gasteiger partial charge in [0.1, 0.15) is 11.5 Å². The fraction of sp³-hybridized carbons (Fsp3) is 0.364. The van der Waals surface area contributed by atoms with E-state index in [0.29, 0.717) is 22.3 Å². The van der Waals surface area contributed by atoms with Crippen LogP contribution in [-0.2, 0) is 10.8 Å². The van der Waals surface area contributed by atoms with Gasteiger partial charge in [0.05, 0.1) is 48.9 Å². The van der Waals surface area contributed by atoms with Crippen molar-refractivity contribution in [1.82, 2.24) is 0 Å². The number of rotatable bonds is 6. The van der Waals surface area contributed by atoms with Gasteiger partial charge in [-0.1, -0.05) is 65.2 Å². The van der Waals surface area contributed by atoms with E-state index in [4.69, 9.17) is 9.47 Å². The summed E-state index contributed by atoms with van der Waals surface area (Å²) < 4.78 is 12.2. The Labute approximate surface area is 297 Å². The highest BCUT2D eigenvalue weighted by molar-refractivity contribution is 5.92. The zero-order valence-corrected chi connectivity index (χ0v) is 30.3. The number of ether oxygens (including phenoxy) is 2. The molecule has 4 aliphatic rings. The van der Waals surface area contributed by atoms with Crippen molar-refractivity contribution in [1.29, 1.82) is 10.5 Å². The van der Waals surface area contributed by atoms with Crippen LogP contribution in [0.4, 0.5) is 11.4 Å². The van der Waals surface area contributed by atoms with Crippen LogP contribution in [0.15, 0.2) is 37.4 Å². The first kappa shape index (κ1) is 33.3. The summed E-state index contributed by atoms with van der Waals surface area (Å²) in [4.78, 5) is 4.95. The molecule has 4 heterocycles. The summed E-state index contributed by atoms with van der Waals surface area (Å²) in [6, 6.07) is 12.8. The lowest BCUT2D eigenvalue weighted by Gasteiger charge is -2.45. The molecule has 0 aromatic heterocycles. The molecule has 0 aliphatic carbocycles. The minimum absolute atomic E-state index is 0.00762. The quantitative estimate of drug-likeness (QED) is 0.245. The Balaban J connectivity index is 1.30. The van der Waals surface area contributed by atoms with Gasteiger partial charge in [0, 0.05) is 54.0 Å². The molecule has 7 rings (SSSR count). The Kier molecular flexibility index (Phi) is 8.19. The Hall–Kier alpha value is -5.20. The lowest BCUT2D eigenvalue weighted by Crippen LogP contribution is -2.40. The number of methoxy groups -OCH3 is 2. The van der Waals surface area contributed by atoms with E-state index in [1.165, 1.54) is 28.1 Å². The van der Waals surface area contributed by atoms with Gasteiger partial charge in [-0.05, 0) is 88.6 Å². The number of benzene rings is 3. The number of anilines is 2. The molecule has 6 heteroatoms. The topological polar surface area (TPSA) is 72.5 Å². The second kappa shape index (κ2) is 12.3. The SMILES string of the molecule is C=C1CCN2CCC(C)(C)c3c(OC)c(C=Cc4cc(C#N)c(C=Cc5cc6c7c(c5OC)C(=C)CCN7CCC6(C)C)cc4C#N)cc1c32. The van der Waals surface area contributed by atoms with Crippen LogP contribution in [0.5, 0.6) is 11.5 Å². The van der Waals surface area contributed by atoms with E-state index in [1.54, 1.807) is 14.2 Å². The van der Waals surface area contributed by atoms with Gasteiger partial charge in [-0.25, -0.2) is 0 Å². The predicted molar refractivity (Wildman–Crippen MR) is 207 cm³/mol. The normalized spacial score (nSPS) is 18.5. The molecule has 0 radical (unpaired) electrons. The zero-order valence-electron chi connectivity index (χ0n) is 30.3. The second-order valence-corrected chi connectivity index (χ2v) is 15.4. The molecule has 0 saturated heterocycles. The van der Waals surface area contributed by atoms with E-state index in [0.717, 1.165) is 91.2 Å². The number of hydrogen-bond donors (Lipinski definition) is 0. The van der Waals surface area contributed by atoms with Crippen LogP contribution in [0.2, 0.25) is 0 Å². The number of nitriles is 2. The molecule has 3 aromatic carbocycles. The predicted octanol–water partition coefficient (Wildman–Crippen LogP) is 9.60. The maximum Gasteiger partial charge on any atom is 0.135 e. The van der Waals surface area contributed by atoms with Crippen molar-refractivity contribution < 1.29 is 9.47 Å². The molecular formula is C44H46N4O2. The fourth-order valence-electron chi connectivity index (χ4n) is 8.46. The first-order valence-electron chi connectivity index (χ1n) is 17.6. The zero-order chi connectivity index (χ0) is 35.5. The Morgan fingerprint density at radius 1 is 0.660 bits per heavy atom. The van der Waals surface area contributed by atoms with Crippen molar-refractivity contribution in [3.05, 3.63) is 93.1 Å². The summed E-state index contributed by atoms with van der Waals surface area (Å²) in [6.45, 7) is 22.0. The summed E-state index contributed by atoms with van der Waals surface area (Å²) in [7, 11) is 3.45. The third-order valence-electron chi connectivity index (χ3n) is 11.5. The minimum atomic E-state index is -0.0615. The van der Waals surface area contributed by atoms with E-state index >= 15 is 0 Å². The average Bonchev–Trinajstić information content (AvgIpc) is 3.10. The summed E-state index contributed by atoms with van der Waals surface area (Å²) in [5, 5.41) is 20.6. The largest absolute Gasteiger partial charge is 0.496 e. The van der Waals surface area contributed by atoms with Crippen molar-refractivity contribution >= 4 is 46.8 Å². The van der Waals surface area contributed by atoms with Crippen LogP contribution in [0.1, 0.15) is 109 Å². The van der Waals surface area contributed by atoms with Crippen LogP contribution < -0.4 is 19.3 Å².